The van der Waals surface area contributed by atoms with E-state index in [9.17, 15) is 9.65 Å². The van der Waals surface area contributed by atoms with Crippen LogP contribution in [0, 0.1) is 24.1 Å². The average molecular weight is 325 g/mol. The Morgan fingerprint density at radius 2 is 2.21 bits per heavy atom. The zero-order chi connectivity index (χ0) is 17.1. The van der Waals surface area contributed by atoms with Crippen LogP contribution in [0.2, 0.25) is 0 Å². The first kappa shape index (κ1) is 16.2. The molecule has 0 spiro atoms. The molecule has 1 aliphatic heterocycles. The van der Waals surface area contributed by atoms with Crippen molar-refractivity contribution in [2.75, 3.05) is 29.9 Å². The molecule has 0 N–H and O–H groups in total. The van der Waals surface area contributed by atoms with Gasteiger partial charge in [0.2, 0.25) is 5.95 Å². The van der Waals surface area contributed by atoms with Crippen LogP contribution in [0.25, 0.3) is 0 Å². The quantitative estimate of drug-likeness (QED) is 0.868. The first-order valence-electron chi connectivity index (χ1n) is 8.06. The van der Waals surface area contributed by atoms with Crippen molar-refractivity contribution < 1.29 is 4.39 Å². The molecule has 124 valence electrons. The maximum absolute atomic E-state index is 13.9. The van der Waals surface area contributed by atoms with E-state index in [0.29, 0.717) is 18.2 Å². The molecule has 1 aromatic carbocycles. The fraction of sp³-hybridized carbons (Fsp3) is 0.389. The van der Waals surface area contributed by atoms with Crippen LogP contribution in [0.1, 0.15) is 24.1 Å². The van der Waals surface area contributed by atoms with Crippen LogP contribution in [-0.2, 0) is 0 Å². The second-order valence-electron chi connectivity index (χ2n) is 6.10. The molecule has 0 bridgehead atoms. The number of nitrogens with zero attached hydrogens (tertiary/aromatic N) is 5. The number of hydrogen-bond donors (Lipinski definition) is 0. The maximum Gasteiger partial charge on any atom is 0.225 e. The average Bonchev–Trinajstić information content (AvgIpc) is 2.61. The lowest BCUT2D eigenvalue weighted by Gasteiger charge is -2.39. The second kappa shape index (κ2) is 6.83. The SMILES string of the molecule is Cc1ccnc(N(C)C2CCCN(c3cccc(F)c3C#N)C2)n1. The predicted molar refractivity (Wildman–Crippen MR) is 91.5 cm³/mol. The molecular formula is C18H20FN5. The molecule has 0 amide bonds. The van der Waals surface area contributed by atoms with Crippen LogP contribution in [0.5, 0.6) is 0 Å². The highest BCUT2D eigenvalue weighted by Gasteiger charge is 2.26. The monoisotopic (exact) mass is 325 g/mol. The smallest absolute Gasteiger partial charge is 0.225 e. The van der Waals surface area contributed by atoms with E-state index >= 15 is 0 Å². The topological polar surface area (TPSA) is 56.1 Å². The van der Waals surface area contributed by atoms with Crippen molar-refractivity contribution in [3.63, 3.8) is 0 Å². The number of hydrogen-bond acceptors (Lipinski definition) is 5. The van der Waals surface area contributed by atoms with Crippen LogP contribution >= 0.6 is 0 Å². The van der Waals surface area contributed by atoms with Gasteiger partial charge in [-0.25, -0.2) is 14.4 Å². The molecule has 2 heterocycles. The highest BCUT2D eigenvalue weighted by atomic mass is 19.1. The van der Waals surface area contributed by atoms with Gasteiger partial charge in [0.25, 0.3) is 0 Å². The fourth-order valence-corrected chi connectivity index (χ4v) is 3.15. The third kappa shape index (κ3) is 3.16. The van der Waals surface area contributed by atoms with Crippen molar-refractivity contribution in [2.24, 2.45) is 0 Å². The minimum Gasteiger partial charge on any atom is -0.368 e. The van der Waals surface area contributed by atoms with Crippen molar-refractivity contribution in [3.05, 3.63) is 47.5 Å². The van der Waals surface area contributed by atoms with Crippen LogP contribution in [-0.4, -0.2) is 36.1 Å². The Morgan fingerprint density at radius 3 is 2.96 bits per heavy atom. The van der Waals surface area contributed by atoms with E-state index in [4.69, 9.17) is 0 Å². The first-order chi connectivity index (χ1) is 11.6. The summed E-state index contributed by atoms with van der Waals surface area (Å²) in [6.45, 7) is 3.47. The van der Waals surface area contributed by atoms with E-state index in [-0.39, 0.29) is 11.6 Å². The Balaban J connectivity index is 1.83. The Bertz CT molecular complexity index is 770. The highest BCUT2D eigenvalue weighted by molar-refractivity contribution is 5.60. The molecule has 3 rings (SSSR count). The summed E-state index contributed by atoms with van der Waals surface area (Å²) >= 11 is 0. The number of aryl methyl sites for hydroxylation is 1. The Kier molecular flexibility index (Phi) is 4.61. The van der Waals surface area contributed by atoms with Gasteiger partial charge in [-0.05, 0) is 38.0 Å². The summed E-state index contributed by atoms with van der Waals surface area (Å²) in [5.41, 5.74) is 1.71. The third-order valence-corrected chi connectivity index (χ3v) is 4.49. The number of anilines is 2. The fourth-order valence-electron chi connectivity index (χ4n) is 3.15. The summed E-state index contributed by atoms with van der Waals surface area (Å²) in [4.78, 5) is 13.0. The Morgan fingerprint density at radius 1 is 1.38 bits per heavy atom. The molecule has 1 unspecified atom stereocenters. The van der Waals surface area contributed by atoms with Gasteiger partial charge in [0.1, 0.15) is 17.4 Å². The summed E-state index contributed by atoms with van der Waals surface area (Å²) in [6, 6.07) is 8.88. The van der Waals surface area contributed by atoms with E-state index in [1.807, 2.05) is 32.2 Å². The van der Waals surface area contributed by atoms with Crippen molar-refractivity contribution in [2.45, 2.75) is 25.8 Å². The van der Waals surface area contributed by atoms with E-state index in [2.05, 4.69) is 19.8 Å². The zero-order valence-electron chi connectivity index (χ0n) is 13.9. The van der Waals surface area contributed by atoms with Gasteiger partial charge in [0, 0.05) is 38.1 Å². The molecule has 1 aromatic heterocycles. The summed E-state index contributed by atoms with van der Waals surface area (Å²) < 4.78 is 13.9. The Hall–Kier alpha value is -2.68. The molecule has 1 fully saturated rings. The van der Waals surface area contributed by atoms with Crippen LogP contribution in [0.3, 0.4) is 0 Å². The van der Waals surface area contributed by atoms with Crippen LogP contribution in [0.4, 0.5) is 16.0 Å². The van der Waals surface area contributed by atoms with Crippen molar-refractivity contribution >= 4 is 11.6 Å². The summed E-state index contributed by atoms with van der Waals surface area (Å²) in [5.74, 6) is 0.231. The molecule has 6 heteroatoms. The molecule has 1 saturated heterocycles. The largest absolute Gasteiger partial charge is 0.368 e. The van der Waals surface area contributed by atoms with Gasteiger partial charge in [0.15, 0.2) is 0 Å². The normalized spacial score (nSPS) is 17.4. The zero-order valence-corrected chi connectivity index (χ0v) is 13.9. The second-order valence-corrected chi connectivity index (χ2v) is 6.10. The van der Waals surface area contributed by atoms with Gasteiger partial charge in [-0.3, -0.25) is 0 Å². The van der Waals surface area contributed by atoms with Crippen molar-refractivity contribution in [1.29, 1.82) is 5.26 Å². The molecule has 1 aliphatic rings. The van der Waals surface area contributed by atoms with Gasteiger partial charge < -0.3 is 9.80 Å². The summed E-state index contributed by atoms with van der Waals surface area (Å²) in [5, 5.41) is 9.27. The van der Waals surface area contributed by atoms with Crippen LogP contribution < -0.4 is 9.80 Å². The standard InChI is InChI=1S/C18H20FN5/c1-13-8-9-21-18(22-13)23(2)14-5-4-10-24(12-14)17-7-3-6-16(19)15(17)11-20/h3,6-9,14H,4-5,10,12H2,1-2H3. The molecule has 24 heavy (non-hydrogen) atoms. The maximum atomic E-state index is 13.9. The van der Waals surface area contributed by atoms with Gasteiger partial charge in [-0.1, -0.05) is 6.07 Å². The number of likely N-dealkylation sites (N-methyl/N-ethyl adjacent to an activating group) is 1. The number of piperidine rings is 1. The van der Waals surface area contributed by atoms with E-state index in [1.54, 1.807) is 12.3 Å². The summed E-state index contributed by atoms with van der Waals surface area (Å²) in [7, 11) is 1.99. The van der Waals surface area contributed by atoms with E-state index in [1.165, 1.54) is 6.07 Å². The number of benzene rings is 1. The lowest BCUT2D eigenvalue weighted by molar-refractivity contribution is 0.482. The van der Waals surface area contributed by atoms with Crippen molar-refractivity contribution in [3.8, 4) is 6.07 Å². The van der Waals surface area contributed by atoms with Gasteiger partial charge in [0.05, 0.1) is 5.69 Å². The van der Waals surface area contributed by atoms with Crippen molar-refractivity contribution in [1.82, 2.24) is 9.97 Å². The molecule has 2 aromatic rings. The number of halogens is 1. The van der Waals surface area contributed by atoms with Gasteiger partial charge in [-0.15, -0.1) is 0 Å². The molecule has 0 aliphatic carbocycles. The van der Waals surface area contributed by atoms with Gasteiger partial charge >= 0.3 is 0 Å². The minimum absolute atomic E-state index is 0.118. The number of aromatic nitrogens is 2. The molecule has 0 radical (unpaired) electrons. The van der Waals surface area contributed by atoms with E-state index in [0.717, 1.165) is 25.1 Å². The first-order valence-corrected chi connectivity index (χ1v) is 8.06. The lowest BCUT2D eigenvalue weighted by atomic mass is 10.0. The predicted octanol–water partition coefficient (Wildman–Crippen LogP) is 2.90. The summed E-state index contributed by atoms with van der Waals surface area (Å²) in [6.07, 6.45) is 3.75. The van der Waals surface area contributed by atoms with Gasteiger partial charge in [-0.2, -0.15) is 5.26 Å². The third-order valence-electron chi connectivity index (χ3n) is 4.49. The Labute approximate surface area is 141 Å². The highest BCUT2D eigenvalue weighted by Crippen LogP contribution is 2.27. The number of rotatable bonds is 3. The van der Waals surface area contributed by atoms with Crippen LogP contribution in [0.15, 0.2) is 30.5 Å². The number of nitriles is 1. The molecule has 0 saturated carbocycles. The molecule has 1 atom stereocenters. The molecule has 5 nitrogen and oxygen atoms in total. The lowest BCUT2D eigenvalue weighted by Crippen LogP contribution is -2.47. The molecular weight excluding hydrogens is 305 g/mol. The van der Waals surface area contributed by atoms with E-state index < -0.39 is 5.82 Å². The minimum atomic E-state index is -0.465.